The lowest BCUT2D eigenvalue weighted by Crippen LogP contribution is -2.34. The summed E-state index contributed by atoms with van der Waals surface area (Å²) in [5, 5.41) is 0. The van der Waals surface area contributed by atoms with Crippen LogP contribution in [0.15, 0.2) is 89.3 Å². The predicted octanol–water partition coefficient (Wildman–Crippen LogP) is 5.88. The fraction of sp³-hybridized carbons (Fsp3) is 0.214. The average Bonchev–Trinajstić information content (AvgIpc) is 3.00. The normalized spacial score (nSPS) is 17.0. The molecule has 0 bridgehead atoms. The molecule has 0 spiro atoms. The van der Waals surface area contributed by atoms with E-state index in [9.17, 15) is 4.21 Å². The van der Waals surface area contributed by atoms with Crippen LogP contribution in [-0.2, 0) is 10.8 Å². The molecule has 5 rings (SSSR count). The number of piperidine rings is 1. The molecule has 1 fully saturated rings. The van der Waals surface area contributed by atoms with Gasteiger partial charge >= 0.3 is 0 Å². The molecule has 1 atom stereocenters. The first-order valence-corrected chi connectivity index (χ1v) is 12.4. The van der Waals surface area contributed by atoms with E-state index >= 15 is 0 Å². The van der Waals surface area contributed by atoms with Crippen LogP contribution in [0.1, 0.15) is 35.1 Å². The Morgan fingerprint density at radius 2 is 1.26 bits per heavy atom. The summed E-state index contributed by atoms with van der Waals surface area (Å²) in [6, 6.07) is 27.3. The highest BCUT2D eigenvalue weighted by molar-refractivity contribution is 7.85. The SMILES string of the molecule is O=S(CCN1CCC(=C2c3ccccc3C=Cc3ccccc32)CC1)c1ccccc1. The van der Waals surface area contributed by atoms with E-state index in [1.54, 1.807) is 5.57 Å². The second kappa shape index (κ2) is 9.17. The van der Waals surface area contributed by atoms with Gasteiger partial charge in [-0.2, -0.15) is 0 Å². The molecule has 0 saturated carbocycles. The van der Waals surface area contributed by atoms with Gasteiger partial charge in [-0.1, -0.05) is 84.5 Å². The summed E-state index contributed by atoms with van der Waals surface area (Å²) in [6.07, 6.45) is 6.62. The van der Waals surface area contributed by atoms with Crippen LogP contribution in [0.4, 0.5) is 0 Å². The lowest BCUT2D eigenvalue weighted by molar-refractivity contribution is 0.272. The Hall–Kier alpha value is -2.75. The molecule has 0 radical (unpaired) electrons. The molecule has 2 nitrogen and oxygen atoms in total. The molecular formula is C28H27NOS. The molecule has 1 saturated heterocycles. The number of benzene rings is 3. The van der Waals surface area contributed by atoms with Crippen LogP contribution in [0.5, 0.6) is 0 Å². The summed E-state index contributed by atoms with van der Waals surface area (Å²) in [4.78, 5) is 3.40. The maximum Gasteiger partial charge on any atom is 0.0542 e. The molecule has 0 N–H and O–H groups in total. The quantitative estimate of drug-likeness (QED) is 0.407. The Bertz CT molecular complexity index is 1100. The van der Waals surface area contributed by atoms with Gasteiger partial charge in [0.25, 0.3) is 0 Å². The van der Waals surface area contributed by atoms with E-state index in [0.29, 0.717) is 5.75 Å². The van der Waals surface area contributed by atoms with Crippen molar-refractivity contribution < 1.29 is 4.21 Å². The first-order valence-electron chi connectivity index (χ1n) is 11.0. The van der Waals surface area contributed by atoms with E-state index in [4.69, 9.17) is 0 Å². The lowest BCUT2D eigenvalue weighted by atomic mass is 9.86. The molecule has 0 aromatic heterocycles. The van der Waals surface area contributed by atoms with E-state index in [2.05, 4.69) is 65.6 Å². The van der Waals surface area contributed by atoms with E-state index in [1.807, 2.05) is 30.3 Å². The Morgan fingerprint density at radius 1 is 0.710 bits per heavy atom. The first-order chi connectivity index (χ1) is 15.3. The van der Waals surface area contributed by atoms with Gasteiger partial charge in [-0.15, -0.1) is 0 Å². The largest absolute Gasteiger partial charge is 0.302 e. The third-order valence-electron chi connectivity index (χ3n) is 6.31. The summed E-state index contributed by atoms with van der Waals surface area (Å²) < 4.78 is 12.6. The van der Waals surface area contributed by atoms with Crippen LogP contribution >= 0.6 is 0 Å². The van der Waals surface area contributed by atoms with Crippen molar-refractivity contribution in [2.45, 2.75) is 17.7 Å². The fourth-order valence-corrected chi connectivity index (χ4v) is 5.76. The minimum absolute atomic E-state index is 0.700. The van der Waals surface area contributed by atoms with Gasteiger partial charge < -0.3 is 4.90 Å². The predicted molar refractivity (Wildman–Crippen MR) is 131 cm³/mol. The van der Waals surface area contributed by atoms with Crippen molar-refractivity contribution in [3.05, 3.63) is 107 Å². The van der Waals surface area contributed by atoms with E-state index in [0.717, 1.165) is 37.4 Å². The molecule has 1 aliphatic heterocycles. The number of hydrogen-bond donors (Lipinski definition) is 0. The molecule has 1 aliphatic carbocycles. The van der Waals surface area contributed by atoms with Gasteiger partial charge in [0.2, 0.25) is 0 Å². The lowest BCUT2D eigenvalue weighted by Gasteiger charge is -2.30. The first kappa shape index (κ1) is 20.2. The van der Waals surface area contributed by atoms with Crippen molar-refractivity contribution in [3.8, 4) is 0 Å². The van der Waals surface area contributed by atoms with Crippen LogP contribution in [0.25, 0.3) is 17.7 Å². The van der Waals surface area contributed by atoms with Crippen molar-refractivity contribution in [2.24, 2.45) is 0 Å². The van der Waals surface area contributed by atoms with Crippen LogP contribution in [0.2, 0.25) is 0 Å². The number of fused-ring (bicyclic) bond motifs is 2. The molecule has 1 unspecified atom stereocenters. The minimum Gasteiger partial charge on any atom is -0.302 e. The summed E-state index contributed by atoms with van der Waals surface area (Å²) >= 11 is 0. The van der Waals surface area contributed by atoms with Gasteiger partial charge in [-0.05, 0) is 52.8 Å². The van der Waals surface area contributed by atoms with Gasteiger partial charge in [-0.3, -0.25) is 4.21 Å². The highest BCUT2D eigenvalue weighted by Gasteiger charge is 2.22. The third-order valence-corrected chi connectivity index (χ3v) is 7.67. The van der Waals surface area contributed by atoms with E-state index < -0.39 is 10.8 Å². The molecule has 3 heteroatoms. The van der Waals surface area contributed by atoms with Crippen molar-refractivity contribution in [3.63, 3.8) is 0 Å². The Labute approximate surface area is 187 Å². The molecule has 3 aromatic rings. The standard InChI is InChI=1S/C28H27NOS/c30-31(25-10-2-1-3-11-25)21-20-29-18-16-24(17-19-29)28-26-12-6-4-8-22(26)14-15-23-9-5-7-13-27(23)28/h1-15H,16-21H2. The van der Waals surface area contributed by atoms with Crippen molar-refractivity contribution in [2.75, 3.05) is 25.4 Å². The molecule has 1 heterocycles. The maximum absolute atomic E-state index is 12.6. The molecule has 156 valence electrons. The second-order valence-corrected chi connectivity index (χ2v) is 9.76. The van der Waals surface area contributed by atoms with Crippen molar-refractivity contribution >= 4 is 28.5 Å². The number of nitrogens with zero attached hydrogens (tertiary/aromatic N) is 1. The van der Waals surface area contributed by atoms with Crippen LogP contribution < -0.4 is 0 Å². The topological polar surface area (TPSA) is 20.3 Å². The van der Waals surface area contributed by atoms with E-state index in [-0.39, 0.29) is 0 Å². The van der Waals surface area contributed by atoms with Crippen LogP contribution in [0.3, 0.4) is 0 Å². The van der Waals surface area contributed by atoms with Crippen LogP contribution in [-0.4, -0.2) is 34.5 Å². The summed E-state index contributed by atoms with van der Waals surface area (Å²) in [6.45, 7) is 2.95. The number of hydrogen-bond acceptors (Lipinski definition) is 2. The molecular weight excluding hydrogens is 398 g/mol. The van der Waals surface area contributed by atoms with Gasteiger partial charge in [0, 0.05) is 30.3 Å². The van der Waals surface area contributed by atoms with Crippen LogP contribution in [0, 0.1) is 0 Å². The monoisotopic (exact) mass is 425 g/mol. The average molecular weight is 426 g/mol. The highest BCUT2D eigenvalue weighted by Crippen LogP contribution is 2.38. The third kappa shape index (κ3) is 4.34. The van der Waals surface area contributed by atoms with Gasteiger partial charge in [0.05, 0.1) is 10.8 Å². The number of rotatable bonds is 4. The number of likely N-dealkylation sites (tertiary alicyclic amines) is 1. The van der Waals surface area contributed by atoms with Crippen molar-refractivity contribution in [1.82, 2.24) is 4.90 Å². The fourth-order valence-electron chi connectivity index (χ4n) is 4.64. The zero-order valence-corrected chi connectivity index (χ0v) is 18.5. The van der Waals surface area contributed by atoms with Crippen molar-refractivity contribution in [1.29, 1.82) is 0 Å². The molecule has 31 heavy (non-hydrogen) atoms. The summed E-state index contributed by atoms with van der Waals surface area (Å²) in [5.74, 6) is 0.700. The summed E-state index contributed by atoms with van der Waals surface area (Å²) in [7, 11) is -0.922. The molecule has 0 amide bonds. The van der Waals surface area contributed by atoms with E-state index in [1.165, 1.54) is 27.8 Å². The molecule has 3 aromatic carbocycles. The highest BCUT2D eigenvalue weighted by atomic mass is 32.2. The Kier molecular flexibility index (Phi) is 5.97. The van der Waals surface area contributed by atoms with Gasteiger partial charge in [0.1, 0.15) is 0 Å². The Morgan fingerprint density at radius 3 is 1.87 bits per heavy atom. The second-order valence-electron chi connectivity index (χ2n) is 8.19. The zero-order valence-electron chi connectivity index (χ0n) is 17.7. The molecule has 2 aliphatic rings. The summed E-state index contributed by atoms with van der Waals surface area (Å²) in [5.41, 5.74) is 8.24. The Balaban J connectivity index is 1.35. The zero-order chi connectivity index (χ0) is 21.0. The van der Waals surface area contributed by atoms with Gasteiger partial charge in [0.15, 0.2) is 0 Å². The minimum atomic E-state index is -0.922. The smallest absolute Gasteiger partial charge is 0.0542 e. The maximum atomic E-state index is 12.6. The van der Waals surface area contributed by atoms with Gasteiger partial charge in [-0.25, -0.2) is 0 Å².